The maximum atomic E-state index is 11.4. The second-order valence-electron chi connectivity index (χ2n) is 5.21. The van der Waals surface area contributed by atoms with Crippen molar-refractivity contribution in [3.63, 3.8) is 0 Å². The zero-order valence-electron chi connectivity index (χ0n) is 12.8. The van der Waals surface area contributed by atoms with Crippen molar-refractivity contribution in [2.24, 2.45) is 7.05 Å². The zero-order valence-corrected chi connectivity index (χ0v) is 12.8. The van der Waals surface area contributed by atoms with Crippen LogP contribution in [0.3, 0.4) is 0 Å². The fourth-order valence-corrected chi connectivity index (χ4v) is 2.38. The Labute approximate surface area is 129 Å². The van der Waals surface area contributed by atoms with Crippen molar-refractivity contribution < 1.29 is 14.6 Å². The lowest BCUT2D eigenvalue weighted by Gasteiger charge is -2.22. The molecule has 5 nitrogen and oxygen atoms in total. The molecule has 5 heteroatoms. The number of nitrogens with zero attached hydrogens (tertiary/aromatic N) is 2. The maximum absolute atomic E-state index is 11.4. The highest BCUT2D eigenvalue weighted by molar-refractivity contribution is 5.72. The van der Waals surface area contributed by atoms with Gasteiger partial charge in [-0.1, -0.05) is 29.8 Å². The van der Waals surface area contributed by atoms with Crippen LogP contribution in [0.5, 0.6) is 0 Å². The Morgan fingerprint density at radius 3 is 2.50 bits per heavy atom. The van der Waals surface area contributed by atoms with E-state index in [1.807, 2.05) is 25.1 Å². The summed E-state index contributed by atoms with van der Waals surface area (Å²) in [6, 6.07) is 12.5. The number of aliphatic hydroxyl groups is 1. The van der Waals surface area contributed by atoms with E-state index >= 15 is 0 Å². The van der Waals surface area contributed by atoms with Gasteiger partial charge in [-0.3, -0.25) is 4.79 Å². The van der Waals surface area contributed by atoms with Crippen LogP contribution in [0.4, 0.5) is 0 Å². The minimum absolute atomic E-state index is 0.0857. The monoisotopic (exact) mass is 298 g/mol. The molecule has 1 aromatic heterocycles. The van der Waals surface area contributed by atoms with Gasteiger partial charge in [0.05, 0.1) is 19.2 Å². The average molecular weight is 298 g/mol. The lowest BCUT2D eigenvalue weighted by atomic mass is 9.91. The summed E-state index contributed by atoms with van der Waals surface area (Å²) in [5.41, 5.74) is 0.853. The molecule has 1 aromatic carbocycles. The molecule has 0 aliphatic heterocycles. The summed E-state index contributed by atoms with van der Waals surface area (Å²) in [6.07, 6.45) is 0.0857. The summed E-state index contributed by atoms with van der Waals surface area (Å²) < 4.78 is 6.30. The van der Waals surface area contributed by atoms with E-state index < -0.39 is 5.60 Å². The first-order valence-corrected chi connectivity index (χ1v) is 6.85. The maximum Gasteiger partial charge on any atom is 0.311 e. The van der Waals surface area contributed by atoms with Gasteiger partial charge in [0.15, 0.2) is 0 Å². The van der Waals surface area contributed by atoms with E-state index in [-0.39, 0.29) is 12.4 Å². The molecule has 0 saturated heterocycles. The third-order valence-corrected chi connectivity index (χ3v) is 3.78. The van der Waals surface area contributed by atoms with E-state index in [9.17, 15) is 15.2 Å². The Kier molecular flexibility index (Phi) is 4.34. The number of ether oxygens (including phenoxy) is 1. The number of aryl methyl sites for hydroxylation is 1. The predicted molar refractivity (Wildman–Crippen MR) is 80.9 cm³/mol. The van der Waals surface area contributed by atoms with Gasteiger partial charge in [0, 0.05) is 18.3 Å². The smallest absolute Gasteiger partial charge is 0.311 e. The first-order chi connectivity index (χ1) is 10.4. The van der Waals surface area contributed by atoms with Crippen molar-refractivity contribution in [2.45, 2.75) is 18.9 Å². The quantitative estimate of drug-likeness (QED) is 0.690. The molecule has 114 valence electrons. The van der Waals surface area contributed by atoms with Gasteiger partial charge in [-0.2, -0.15) is 5.26 Å². The van der Waals surface area contributed by atoms with E-state index in [0.29, 0.717) is 17.0 Å². The molecule has 1 atom stereocenters. The minimum Gasteiger partial charge on any atom is -0.469 e. The van der Waals surface area contributed by atoms with E-state index in [1.165, 1.54) is 7.11 Å². The third-order valence-electron chi connectivity index (χ3n) is 3.78. The van der Waals surface area contributed by atoms with Crippen LogP contribution in [-0.2, 0) is 28.6 Å². The highest BCUT2D eigenvalue weighted by Crippen LogP contribution is 2.30. The lowest BCUT2D eigenvalue weighted by molar-refractivity contribution is -0.139. The molecule has 1 N–H and O–H groups in total. The van der Waals surface area contributed by atoms with Gasteiger partial charge in [-0.05, 0) is 19.1 Å². The van der Waals surface area contributed by atoms with E-state index in [2.05, 4.69) is 4.74 Å². The number of carbonyl (C=O) groups excluding carboxylic acids is 1. The summed E-state index contributed by atoms with van der Waals surface area (Å²) in [5.74, 6) is -0.372. The first-order valence-electron chi connectivity index (χ1n) is 6.85. The van der Waals surface area contributed by atoms with Crippen LogP contribution in [0.1, 0.15) is 22.5 Å². The lowest BCUT2D eigenvalue weighted by Crippen LogP contribution is -2.28. The van der Waals surface area contributed by atoms with Crippen LogP contribution in [0.25, 0.3) is 0 Å². The van der Waals surface area contributed by atoms with Gasteiger partial charge in [-0.15, -0.1) is 0 Å². The summed E-state index contributed by atoms with van der Waals surface area (Å²) in [5, 5.41) is 20.4. The molecule has 0 bridgehead atoms. The molecule has 0 fully saturated rings. The highest BCUT2D eigenvalue weighted by Gasteiger charge is 2.34. The van der Waals surface area contributed by atoms with Crippen LogP contribution in [0.15, 0.2) is 36.4 Å². The number of hydrogen-bond donors (Lipinski definition) is 1. The van der Waals surface area contributed by atoms with E-state index in [4.69, 9.17) is 0 Å². The van der Waals surface area contributed by atoms with Gasteiger partial charge in [0.25, 0.3) is 0 Å². The Morgan fingerprint density at radius 1 is 1.32 bits per heavy atom. The van der Waals surface area contributed by atoms with Crippen molar-refractivity contribution in [1.82, 2.24) is 4.57 Å². The Hall–Kier alpha value is -2.58. The second kappa shape index (κ2) is 6.04. The summed E-state index contributed by atoms with van der Waals surface area (Å²) in [6.45, 7) is 1.94. The fraction of sp³-hybridized carbons (Fsp3) is 0.294. The first kappa shape index (κ1) is 15.8. The third kappa shape index (κ3) is 2.74. The highest BCUT2D eigenvalue weighted by atomic mass is 16.5. The van der Waals surface area contributed by atoms with Crippen molar-refractivity contribution in [1.29, 1.82) is 5.26 Å². The van der Waals surface area contributed by atoms with Crippen LogP contribution < -0.4 is 0 Å². The van der Waals surface area contributed by atoms with Gasteiger partial charge in [0.1, 0.15) is 6.07 Å². The SMILES string of the molecule is COC(=O)Cc1ccc(C(O)(C#N)c2ccc(C)cc2)n1C. The Bertz CT molecular complexity index is 725. The van der Waals surface area contributed by atoms with Crippen molar-refractivity contribution in [2.75, 3.05) is 7.11 Å². The molecule has 22 heavy (non-hydrogen) atoms. The molecule has 0 radical (unpaired) electrons. The molecule has 0 amide bonds. The number of hydrogen-bond acceptors (Lipinski definition) is 4. The summed E-state index contributed by atoms with van der Waals surface area (Å²) >= 11 is 0. The van der Waals surface area contributed by atoms with Crippen LogP contribution in [0.2, 0.25) is 0 Å². The minimum atomic E-state index is -1.77. The number of rotatable bonds is 4. The normalized spacial score (nSPS) is 13.2. The second-order valence-corrected chi connectivity index (χ2v) is 5.21. The Morgan fingerprint density at radius 2 is 1.95 bits per heavy atom. The number of aromatic nitrogens is 1. The molecular formula is C17H18N2O3. The van der Waals surface area contributed by atoms with Crippen molar-refractivity contribution in [3.8, 4) is 6.07 Å². The molecule has 2 aromatic rings. The number of esters is 1. The van der Waals surface area contributed by atoms with Crippen LogP contribution in [-0.4, -0.2) is 22.8 Å². The largest absolute Gasteiger partial charge is 0.469 e. The topological polar surface area (TPSA) is 75.2 Å². The standard InChI is InChI=1S/C17H18N2O3/c1-12-4-6-13(7-5-12)17(21,11-18)15-9-8-14(19(15)2)10-16(20)22-3/h4-9,21H,10H2,1-3H3. The Balaban J connectivity index is 2.46. The molecule has 2 rings (SSSR count). The van der Waals surface area contributed by atoms with Gasteiger partial charge in [0.2, 0.25) is 5.60 Å². The number of nitriles is 1. The van der Waals surface area contributed by atoms with Crippen LogP contribution >= 0.6 is 0 Å². The van der Waals surface area contributed by atoms with Gasteiger partial charge in [-0.25, -0.2) is 0 Å². The van der Waals surface area contributed by atoms with E-state index in [0.717, 1.165) is 5.56 Å². The zero-order chi connectivity index (χ0) is 16.3. The number of benzene rings is 1. The molecular weight excluding hydrogens is 280 g/mol. The number of methoxy groups -OCH3 is 1. The molecule has 1 unspecified atom stereocenters. The fourth-order valence-electron chi connectivity index (χ4n) is 2.38. The predicted octanol–water partition coefficient (Wildman–Crippen LogP) is 1.81. The molecule has 0 aliphatic rings. The summed E-state index contributed by atoms with van der Waals surface area (Å²) in [4.78, 5) is 11.4. The van der Waals surface area contributed by atoms with Crippen LogP contribution in [0, 0.1) is 18.3 Å². The molecule has 0 aliphatic carbocycles. The summed E-state index contributed by atoms with van der Waals surface area (Å²) in [7, 11) is 3.04. The average Bonchev–Trinajstić information content (AvgIpc) is 2.88. The number of carbonyl (C=O) groups is 1. The van der Waals surface area contributed by atoms with Crippen molar-refractivity contribution >= 4 is 5.97 Å². The van der Waals surface area contributed by atoms with Crippen molar-refractivity contribution in [3.05, 3.63) is 58.9 Å². The molecule has 1 heterocycles. The molecule has 0 saturated carbocycles. The molecule has 0 spiro atoms. The van der Waals surface area contributed by atoms with Gasteiger partial charge >= 0.3 is 5.97 Å². The van der Waals surface area contributed by atoms with Gasteiger partial charge < -0.3 is 14.4 Å². The van der Waals surface area contributed by atoms with E-state index in [1.54, 1.807) is 35.9 Å².